The van der Waals surface area contributed by atoms with Gasteiger partial charge in [0.25, 0.3) is 0 Å². The number of tetrazole rings is 1. The number of rotatable bonds is 4. The van der Waals surface area contributed by atoms with E-state index < -0.39 is 12.0 Å². The number of carboxylic acids is 1. The molecule has 0 unspecified atom stereocenters. The SMILES string of the molecule is CC[C@H](C(=O)O)n1nnc(-c2ccsc2)n1. The summed E-state index contributed by atoms with van der Waals surface area (Å²) in [5.74, 6) is -0.488. The molecule has 84 valence electrons. The monoisotopic (exact) mass is 238 g/mol. The highest BCUT2D eigenvalue weighted by Gasteiger charge is 2.20. The Kier molecular flexibility index (Phi) is 2.95. The molecule has 2 rings (SSSR count). The topological polar surface area (TPSA) is 80.9 Å². The van der Waals surface area contributed by atoms with E-state index in [1.807, 2.05) is 16.8 Å². The van der Waals surface area contributed by atoms with Gasteiger partial charge in [0.1, 0.15) is 0 Å². The van der Waals surface area contributed by atoms with Crippen molar-refractivity contribution in [1.82, 2.24) is 20.2 Å². The van der Waals surface area contributed by atoms with Gasteiger partial charge in [0.2, 0.25) is 5.82 Å². The molecule has 0 saturated carbocycles. The second kappa shape index (κ2) is 4.40. The smallest absolute Gasteiger partial charge is 0.330 e. The van der Waals surface area contributed by atoms with Gasteiger partial charge in [-0.2, -0.15) is 11.3 Å². The van der Waals surface area contributed by atoms with E-state index >= 15 is 0 Å². The van der Waals surface area contributed by atoms with Crippen LogP contribution in [0, 0.1) is 0 Å². The summed E-state index contributed by atoms with van der Waals surface area (Å²) >= 11 is 1.53. The molecule has 0 aliphatic rings. The summed E-state index contributed by atoms with van der Waals surface area (Å²) in [5.41, 5.74) is 0.858. The zero-order chi connectivity index (χ0) is 11.5. The molecule has 0 amide bonds. The molecule has 2 aromatic rings. The predicted octanol–water partition coefficient (Wildman–Crippen LogP) is 1.44. The fraction of sp³-hybridized carbons (Fsp3) is 0.333. The lowest BCUT2D eigenvalue weighted by Gasteiger charge is -2.05. The van der Waals surface area contributed by atoms with Gasteiger partial charge in [-0.3, -0.25) is 0 Å². The molecule has 2 aromatic heterocycles. The number of carboxylic acid groups (broad SMARTS) is 1. The standard InChI is InChI=1S/C9H10N4O2S/c1-2-7(9(14)15)13-11-8(10-12-13)6-3-4-16-5-6/h3-5,7H,2H2,1H3,(H,14,15)/t7-/m1/s1. The van der Waals surface area contributed by atoms with E-state index in [0.717, 1.165) is 10.4 Å². The van der Waals surface area contributed by atoms with Crippen molar-refractivity contribution in [2.45, 2.75) is 19.4 Å². The lowest BCUT2D eigenvalue weighted by Crippen LogP contribution is -2.20. The third kappa shape index (κ3) is 1.94. The number of nitrogens with zero attached hydrogens (tertiary/aromatic N) is 4. The van der Waals surface area contributed by atoms with Crippen LogP contribution in [0.3, 0.4) is 0 Å². The number of thiophene rings is 1. The average Bonchev–Trinajstić information content (AvgIpc) is 2.86. The number of hydrogen-bond acceptors (Lipinski definition) is 5. The van der Waals surface area contributed by atoms with Crippen molar-refractivity contribution in [3.8, 4) is 11.4 Å². The second-order valence-corrected chi connectivity index (χ2v) is 3.99. The molecule has 0 saturated heterocycles. The molecule has 1 N–H and O–H groups in total. The molecule has 0 aliphatic carbocycles. The van der Waals surface area contributed by atoms with Gasteiger partial charge in [-0.15, -0.1) is 15.0 Å². The highest BCUT2D eigenvalue weighted by atomic mass is 32.1. The van der Waals surface area contributed by atoms with Crippen LogP contribution in [0.15, 0.2) is 16.8 Å². The van der Waals surface area contributed by atoms with E-state index in [0.29, 0.717) is 12.2 Å². The third-order valence-electron chi connectivity index (χ3n) is 2.16. The van der Waals surface area contributed by atoms with Gasteiger partial charge < -0.3 is 5.11 Å². The van der Waals surface area contributed by atoms with E-state index in [9.17, 15) is 4.79 Å². The summed E-state index contributed by atoms with van der Waals surface area (Å²) in [5, 5.41) is 24.4. The quantitative estimate of drug-likeness (QED) is 0.871. The van der Waals surface area contributed by atoms with Gasteiger partial charge in [0.15, 0.2) is 6.04 Å². The Hall–Kier alpha value is -1.76. The van der Waals surface area contributed by atoms with Crippen molar-refractivity contribution in [1.29, 1.82) is 0 Å². The van der Waals surface area contributed by atoms with Crippen LogP contribution in [0.5, 0.6) is 0 Å². The van der Waals surface area contributed by atoms with Crippen molar-refractivity contribution < 1.29 is 9.90 Å². The number of aromatic nitrogens is 4. The van der Waals surface area contributed by atoms with Gasteiger partial charge in [0.05, 0.1) is 0 Å². The van der Waals surface area contributed by atoms with Crippen molar-refractivity contribution in [3.05, 3.63) is 16.8 Å². The molecule has 0 aromatic carbocycles. The van der Waals surface area contributed by atoms with Crippen molar-refractivity contribution in [2.75, 3.05) is 0 Å². The van der Waals surface area contributed by atoms with E-state index in [1.54, 1.807) is 6.92 Å². The van der Waals surface area contributed by atoms with Crippen LogP contribution in [0.1, 0.15) is 19.4 Å². The minimum absolute atomic E-state index is 0.425. The first-order valence-corrected chi connectivity index (χ1v) is 5.71. The van der Waals surface area contributed by atoms with Crippen LogP contribution in [-0.4, -0.2) is 31.3 Å². The Morgan fingerprint density at radius 1 is 1.69 bits per heavy atom. The van der Waals surface area contributed by atoms with Crippen LogP contribution >= 0.6 is 11.3 Å². The first kappa shape index (κ1) is 10.7. The fourth-order valence-electron chi connectivity index (χ4n) is 1.30. The highest BCUT2D eigenvalue weighted by molar-refractivity contribution is 7.08. The largest absolute Gasteiger partial charge is 0.480 e. The zero-order valence-corrected chi connectivity index (χ0v) is 9.39. The molecule has 1 atom stereocenters. The van der Waals surface area contributed by atoms with E-state index in [4.69, 9.17) is 5.11 Å². The summed E-state index contributed by atoms with van der Waals surface area (Å²) in [6, 6.07) is 1.12. The maximum Gasteiger partial charge on any atom is 0.330 e. The summed E-state index contributed by atoms with van der Waals surface area (Å²) in [6.45, 7) is 1.77. The Balaban J connectivity index is 2.29. The van der Waals surface area contributed by atoms with Gasteiger partial charge in [0, 0.05) is 10.9 Å². The van der Waals surface area contributed by atoms with Crippen molar-refractivity contribution in [3.63, 3.8) is 0 Å². The maximum absolute atomic E-state index is 10.9. The summed E-state index contributed by atoms with van der Waals surface area (Å²) in [7, 11) is 0. The molecule has 6 nitrogen and oxygen atoms in total. The van der Waals surface area contributed by atoms with Gasteiger partial charge in [-0.1, -0.05) is 6.92 Å². The zero-order valence-electron chi connectivity index (χ0n) is 8.57. The summed E-state index contributed by atoms with van der Waals surface area (Å²) in [6.07, 6.45) is 0.425. The minimum atomic E-state index is -0.947. The van der Waals surface area contributed by atoms with Gasteiger partial charge in [-0.05, 0) is 23.1 Å². The lowest BCUT2D eigenvalue weighted by atomic mass is 10.2. The lowest BCUT2D eigenvalue weighted by molar-refractivity contribution is -0.141. The fourth-order valence-corrected chi connectivity index (χ4v) is 1.94. The highest BCUT2D eigenvalue weighted by Crippen LogP contribution is 2.18. The van der Waals surface area contributed by atoms with Crippen LogP contribution in [0.25, 0.3) is 11.4 Å². The normalized spacial score (nSPS) is 12.6. The number of aliphatic carboxylic acids is 1. The third-order valence-corrected chi connectivity index (χ3v) is 2.84. The maximum atomic E-state index is 10.9. The number of carbonyl (C=O) groups is 1. The Bertz CT molecular complexity index is 479. The Labute approximate surface area is 95.5 Å². The minimum Gasteiger partial charge on any atom is -0.480 e. The van der Waals surface area contributed by atoms with E-state index in [-0.39, 0.29) is 0 Å². The Morgan fingerprint density at radius 3 is 3.06 bits per heavy atom. The molecule has 0 bridgehead atoms. The first-order chi connectivity index (χ1) is 7.72. The Morgan fingerprint density at radius 2 is 2.50 bits per heavy atom. The van der Waals surface area contributed by atoms with Crippen LogP contribution in [0.2, 0.25) is 0 Å². The molecule has 2 heterocycles. The second-order valence-electron chi connectivity index (χ2n) is 3.21. The van der Waals surface area contributed by atoms with Crippen LogP contribution in [-0.2, 0) is 4.79 Å². The summed E-state index contributed by atoms with van der Waals surface area (Å²) < 4.78 is 0. The van der Waals surface area contributed by atoms with Crippen LogP contribution in [0.4, 0.5) is 0 Å². The molecular formula is C9H10N4O2S. The van der Waals surface area contributed by atoms with Crippen LogP contribution < -0.4 is 0 Å². The van der Waals surface area contributed by atoms with Gasteiger partial charge in [-0.25, -0.2) is 4.79 Å². The number of hydrogen-bond donors (Lipinski definition) is 1. The average molecular weight is 238 g/mol. The molecule has 7 heteroatoms. The predicted molar refractivity (Wildman–Crippen MR) is 58.1 cm³/mol. The van der Waals surface area contributed by atoms with E-state index in [1.165, 1.54) is 11.3 Å². The molecule has 16 heavy (non-hydrogen) atoms. The molecular weight excluding hydrogens is 228 g/mol. The molecule has 0 spiro atoms. The van der Waals surface area contributed by atoms with Crippen molar-refractivity contribution >= 4 is 17.3 Å². The molecule has 0 radical (unpaired) electrons. The van der Waals surface area contributed by atoms with Crippen molar-refractivity contribution in [2.24, 2.45) is 0 Å². The molecule has 0 fully saturated rings. The van der Waals surface area contributed by atoms with E-state index in [2.05, 4.69) is 15.4 Å². The van der Waals surface area contributed by atoms with Gasteiger partial charge >= 0.3 is 5.97 Å². The summed E-state index contributed by atoms with van der Waals surface area (Å²) in [4.78, 5) is 12.0. The first-order valence-electron chi connectivity index (χ1n) is 4.77. The molecule has 0 aliphatic heterocycles.